The van der Waals surface area contributed by atoms with E-state index in [0.29, 0.717) is 6.42 Å². The van der Waals surface area contributed by atoms with Gasteiger partial charge in [-0.25, -0.2) is 4.98 Å². The van der Waals surface area contributed by atoms with Crippen LogP contribution in [0, 0.1) is 0 Å². The van der Waals surface area contributed by atoms with Crippen molar-refractivity contribution in [1.29, 1.82) is 0 Å². The van der Waals surface area contributed by atoms with E-state index in [4.69, 9.17) is 0 Å². The molecule has 1 aromatic heterocycles. The molecule has 6 nitrogen and oxygen atoms in total. The van der Waals surface area contributed by atoms with E-state index in [9.17, 15) is 4.79 Å². The van der Waals surface area contributed by atoms with Gasteiger partial charge < -0.3 is 9.88 Å². The Balaban J connectivity index is 1.70. The van der Waals surface area contributed by atoms with Gasteiger partial charge in [0.05, 0.1) is 6.54 Å². The fourth-order valence-corrected chi connectivity index (χ4v) is 3.95. The molecule has 1 amide bonds. The maximum atomic E-state index is 11.7. The molecule has 2 aliphatic heterocycles. The van der Waals surface area contributed by atoms with Crippen molar-refractivity contribution in [2.75, 3.05) is 33.2 Å². The minimum absolute atomic E-state index is 0.125. The van der Waals surface area contributed by atoms with Gasteiger partial charge >= 0.3 is 0 Å². The number of likely N-dealkylation sites (N-methyl/N-ethyl adjacent to an activating group) is 1. The summed E-state index contributed by atoms with van der Waals surface area (Å²) in [6, 6.07) is 0. The third-order valence-electron chi connectivity index (χ3n) is 5.44. The van der Waals surface area contributed by atoms with Crippen molar-refractivity contribution in [3.8, 4) is 0 Å². The van der Waals surface area contributed by atoms with Gasteiger partial charge in [-0.05, 0) is 26.3 Å². The first kappa shape index (κ1) is 16.5. The van der Waals surface area contributed by atoms with Gasteiger partial charge in [0, 0.05) is 57.1 Å². The summed E-state index contributed by atoms with van der Waals surface area (Å²) >= 11 is 0. The van der Waals surface area contributed by atoms with Gasteiger partial charge in [0.1, 0.15) is 5.82 Å². The van der Waals surface area contributed by atoms with Gasteiger partial charge in [0.25, 0.3) is 0 Å². The second-order valence-corrected chi connectivity index (χ2v) is 6.99. The zero-order valence-corrected chi connectivity index (χ0v) is 14.4. The van der Waals surface area contributed by atoms with Crippen molar-refractivity contribution in [2.45, 2.75) is 51.2 Å². The first-order chi connectivity index (χ1) is 11.1. The quantitative estimate of drug-likeness (QED) is 0.902. The molecular weight excluding hydrogens is 290 g/mol. The summed E-state index contributed by atoms with van der Waals surface area (Å²) < 4.78 is 2.27. The number of hydrogen-bond acceptors (Lipinski definition) is 4. The van der Waals surface area contributed by atoms with E-state index >= 15 is 0 Å². The largest absolute Gasteiger partial charge is 0.356 e. The molecule has 0 aliphatic carbocycles. The monoisotopic (exact) mass is 319 g/mol. The number of carbonyl (C=O) groups is 1. The summed E-state index contributed by atoms with van der Waals surface area (Å²) in [6.45, 7) is 8.08. The summed E-state index contributed by atoms with van der Waals surface area (Å²) in [7, 11) is 2.21. The predicted molar refractivity (Wildman–Crippen MR) is 90.0 cm³/mol. The Hall–Kier alpha value is -1.40. The number of amides is 1. The molecular formula is C17H29N5O. The predicted octanol–water partition coefficient (Wildman–Crippen LogP) is 1.08. The standard InChI is InChI=1S/C17H29N5O/c1-3-9-22-10-8-18-15(22)13-21-12-11-20(2)17(14-21)5-4-16(23)19-7-6-17/h8,10H,3-7,9,11-14H2,1-2H3,(H,19,23)/t17-/m1/s1. The topological polar surface area (TPSA) is 53.4 Å². The third-order valence-corrected chi connectivity index (χ3v) is 5.44. The number of rotatable bonds is 4. The van der Waals surface area contributed by atoms with E-state index in [1.807, 2.05) is 6.20 Å². The van der Waals surface area contributed by atoms with Crippen LogP contribution in [0.25, 0.3) is 0 Å². The SMILES string of the molecule is CCCn1ccnc1CN1CCN(C)[C@]2(CCNC(=O)CC2)C1. The number of nitrogens with zero attached hydrogens (tertiary/aromatic N) is 4. The van der Waals surface area contributed by atoms with Crippen LogP contribution in [0.15, 0.2) is 12.4 Å². The summed E-state index contributed by atoms with van der Waals surface area (Å²) in [5.74, 6) is 1.36. The second kappa shape index (κ2) is 7.01. The lowest BCUT2D eigenvalue weighted by atomic mass is 9.86. The highest BCUT2D eigenvalue weighted by molar-refractivity contribution is 5.76. The minimum Gasteiger partial charge on any atom is -0.356 e. The van der Waals surface area contributed by atoms with Crippen molar-refractivity contribution in [3.05, 3.63) is 18.2 Å². The maximum Gasteiger partial charge on any atom is 0.220 e. The number of aromatic nitrogens is 2. The Kier molecular flexibility index (Phi) is 5.02. The highest BCUT2D eigenvalue weighted by atomic mass is 16.1. The Bertz CT molecular complexity index is 543. The number of aryl methyl sites for hydroxylation is 1. The summed E-state index contributed by atoms with van der Waals surface area (Å²) in [5.41, 5.74) is 0.125. The fraction of sp³-hybridized carbons (Fsp3) is 0.765. The lowest BCUT2D eigenvalue weighted by Crippen LogP contribution is -2.60. The Labute approximate surface area is 138 Å². The molecule has 6 heteroatoms. The van der Waals surface area contributed by atoms with Crippen LogP contribution < -0.4 is 5.32 Å². The molecule has 2 saturated heterocycles. The molecule has 1 spiro atoms. The molecule has 2 aliphatic rings. The molecule has 0 aromatic carbocycles. The van der Waals surface area contributed by atoms with Gasteiger partial charge in [-0.2, -0.15) is 0 Å². The first-order valence-electron chi connectivity index (χ1n) is 8.83. The van der Waals surface area contributed by atoms with E-state index in [1.165, 1.54) is 0 Å². The van der Waals surface area contributed by atoms with Gasteiger partial charge in [-0.1, -0.05) is 6.92 Å². The average Bonchev–Trinajstić information content (AvgIpc) is 2.87. The van der Waals surface area contributed by atoms with Crippen LogP contribution in [-0.2, 0) is 17.9 Å². The maximum absolute atomic E-state index is 11.7. The van der Waals surface area contributed by atoms with E-state index < -0.39 is 0 Å². The highest BCUT2D eigenvalue weighted by Gasteiger charge is 2.40. The van der Waals surface area contributed by atoms with Crippen molar-refractivity contribution in [3.63, 3.8) is 0 Å². The van der Waals surface area contributed by atoms with Crippen LogP contribution in [0.4, 0.5) is 0 Å². The van der Waals surface area contributed by atoms with Crippen LogP contribution in [0.5, 0.6) is 0 Å². The molecule has 1 atom stereocenters. The molecule has 0 unspecified atom stereocenters. The van der Waals surface area contributed by atoms with Gasteiger partial charge in [-0.3, -0.25) is 14.6 Å². The highest BCUT2D eigenvalue weighted by Crippen LogP contribution is 2.30. The average molecular weight is 319 g/mol. The van der Waals surface area contributed by atoms with E-state index in [-0.39, 0.29) is 11.4 Å². The van der Waals surface area contributed by atoms with E-state index in [1.54, 1.807) is 0 Å². The van der Waals surface area contributed by atoms with E-state index in [0.717, 1.165) is 64.4 Å². The van der Waals surface area contributed by atoms with Crippen molar-refractivity contribution < 1.29 is 4.79 Å². The Morgan fingerprint density at radius 3 is 3.04 bits per heavy atom. The smallest absolute Gasteiger partial charge is 0.220 e. The number of hydrogen-bond donors (Lipinski definition) is 1. The number of carbonyl (C=O) groups excluding carboxylic acids is 1. The van der Waals surface area contributed by atoms with Crippen LogP contribution >= 0.6 is 0 Å². The number of nitrogens with one attached hydrogen (secondary N) is 1. The third kappa shape index (κ3) is 3.58. The van der Waals surface area contributed by atoms with Crippen LogP contribution in [-0.4, -0.2) is 64.0 Å². The summed E-state index contributed by atoms with van der Waals surface area (Å²) in [5, 5.41) is 3.02. The molecule has 1 N–H and O–H groups in total. The van der Waals surface area contributed by atoms with Gasteiger partial charge in [0.15, 0.2) is 0 Å². The minimum atomic E-state index is 0.125. The first-order valence-corrected chi connectivity index (χ1v) is 8.83. The lowest BCUT2D eigenvalue weighted by molar-refractivity contribution is -0.121. The molecule has 128 valence electrons. The zero-order valence-electron chi connectivity index (χ0n) is 14.4. The normalized spacial score (nSPS) is 27.1. The molecule has 2 fully saturated rings. The van der Waals surface area contributed by atoms with Crippen LogP contribution in [0.2, 0.25) is 0 Å². The van der Waals surface area contributed by atoms with Gasteiger partial charge in [0.2, 0.25) is 5.91 Å². The van der Waals surface area contributed by atoms with Crippen molar-refractivity contribution in [1.82, 2.24) is 24.7 Å². The molecule has 3 heterocycles. The molecule has 1 aromatic rings. The number of imidazole rings is 1. The Morgan fingerprint density at radius 1 is 1.35 bits per heavy atom. The van der Waals surface area contributed by atoms with Crippen molar-refractivity contribution in [2.24, 2.45) is 0 Å². The Morgan fingerprint density at radius 2 is 2.22 bits per heavy atom. The molecule has 0 bridgehead atoms. The fourth-order valence-electron chi connectivity index (χ4n) is 3.95. The van der Waals surface area contributed by atoms with Crippen molar-refractivity contribution >= 4 is 5.91 Å². The summed E-state index contributed by atoms with van der Waals surface area (Å²) in [6.07, 6.45) is 7.75. The van der Waals surface area contributed by atoms with Crippen LogP contribution in [0.3, 0.4) is 0 Å². The molecule has 3 rings (SSSR count). The number of piperazine rings is 1. The van der Waals surface area contributed by atoms with Gasteiger partial charge in [-0.15, -0.1) is 0 Å². The molecule has 23 heavy (non-hydrogen) atoms. The van der Waals surface area contributed by atoms with E-state index in [2.05, 4.69) is 44.8 Å². The molecule has 0 saturated carbocycles. The zero-order chi connectivity index (χ0) is 16.3. The molecule has 0 radical (unpaired) electrons. The second-order valence-electron chi connectivity index (χ2n) is 6.99. The lowest BCUT2D eigenvalue weighted by Gasteiger charge is -2.49. The van der Waals surface area contributed by atoms with Crippen LogP contribution in [0.1, 0.15) is 38.4 Å². The summed E-state index contributed by atoms with van der Waals surface area (Å²) in [4.78, 5) is 21.3.